The molecule has 0 bridgehead atoms. The van der Waals surface area contributed by atoms with E-state index in [2.05, 4.69) is 20.7 Å². The van der Waals surface area contributed by atoms with E-state index < -0.39 is 0 Å². The zero-order valence-corrected chi connectivity index (χ0v) is 14.2. The minimum absolute atomic E-state index is 0.101. The number of fused-ring (bicyclic) bond motifs is 1. The number of anilines is 3. The summed E-state index contributed by atoms with van der Waals surface area (Å²) in [6, 6.07) is 23.3. The van der Waals surface area contributed by atoms with Gasteiger partial charge in [-0.3, -0.25) is 4.79 Å². The van der Waals surface area contributed by atoms with Crippen molar-refractivity contribution in [2.24, 2.45) is 0 Å². The first-order valence-electron chi connectivity index (χ1n) is 8.25. The Hall–Kier alpha value is -3.67. The van der Waals surface area contributed by atoms with E-state index in [1.807, 2.05) is 72.8 Å². The lowest BCUT2D eigenvalue weighted by molar-refractivity contribution is -0.114. The summed E-state index contributed by atoms with van der Waals surface area (Å²) in [7, 11) is 0. The summed E-state index contributed by atoms with van der Waals surface area (Å²) in [5.74, 6) is 0.428. The fraction of sp³-hybridized carbons (Fsp3) is 0.0500. The third-order valence-corrected chi connectivity index (χ3v) is 3.87. The second-order valence-electron chi connectivity index (χ2n) is 5.87. The first-order valence-corrected chi connectivity index (χ1v) is 8.25. The molecular formula is C20H17N5O. The molecule has 1 amide bonds. The molecule has 4 aromatic rings. The number of carbonyl (C=O) groups is 1. The number of hydrogen-bond acceptors (Lipinski definition) is 4. The van der Waals surface area contributed by atoms with Crippen LogP contribution in [0.3, 0.4) is 0 Å². The molecule has 2 aromatic heterocycles. The van der Waals surface area contributed by atoms with Crippen LogP contribution >= 0.6 is 0 Å². The molecule has 0 aliphatic rings. The van der Waals surface area contributed by atoms with Gasteiger partial charge in [-0.25, -0.2) is 4.52 Å². The molecule has 0 fully saturated rings. The monoisotopic (exact) mass is 343 g/mol. The molecule has 0 aliphatic heterocycles. The number of hydrogen-bond donors (Lipinski definition) is 2. The molecular weight excluding hydrogens is 326 g/mol. The summed E-state index contributed by atoms with van der Waals surface area (Å²) >= 11 is 0. The van der Waals surface area contributed by atoms with Crippen molar-refractivity contribution in [1.29, 1.82) is 0 Å². The Morgan fingerprint density at radius 2 is 1.69 bits per heavy atom. The summed E-state index contributed by atoms with van der Waals surface area (Å²) in [4.78, 5) is 15.8. The Morgan fingerprint density at radius 3 is 2.50 bits per heavy atom. The Labute approximate surface area is 150 Å². The summed E-state index contributed by atoms with van der Waals surface area (Å²) in [6.07, 6.45) is 0. The van der Waals surface area contributed by atoms with Gasteiger partial charge in [-0.1, -0.05) is 36.4 Å². The van der Waals surface area contributed by atoms with E-state index in [0.29, 0.717) is 5.95 Å². The molecule has 0 saturated carbocycles. The van der Waals surface area contributed by atoms with E-state index >= 15 is 0 Å². The van der Waals surface area contributed by atoms with E-state index in [1.165, 1.54) is 6.92 Å². The normalized spacial score (nSPS) is 10.7. The van der Waals surface area contributed by atoms with Crippen molar-refractivity contribution in [1.82, 2.24) is 14.6 Å². The summed E-state index contributed by atoms with van der Waals surface area (Å²) in [5.41, 5.74) is 4.25. The molecule has 0 radical (unpaired) electrons. The van der Waals surface area contributed by atoms with Gasteiger partial charge in [-0.2, -0.15) is 4.98 Å². The average molecular weight is 343 g/mol. The molecule has 128 valence electrons. The highest BCUT2D eigenvalue weighted by Crippen LogP contribution is 2.24. The van der Waals surface area contributed by atoms with Crippen molar-refractivity contribution in [2.45, 2.75) is 6.92 Å². The van der Waals surface area contributed by atoms with Crippen LogP contribution in [0.2, 0.25) is 0 Å². The number of amides is 1. The maximum Gasteiger partial charge on any atom is 0.247 e. The molecule has 6 heteroatoms. The van der Waals surface area contributed by atoms with E-state index in [1.54, 1.807) is 4.52 Å². The van der Waals surface area contributed by atoms with Crippen LogP contribution in [0, 0.1) is 0 Å². The minimum Gasteiger partial charge on any atom is -0.326 e. The number of benzene rings is 2. The Kier molecular flexibility index (Phi) is 4.07. The highest BCUT2D eigenvalue weighted by atomic mass is 16.1. The first-order chi connectivity index (χ1) is 12.7. The molecule has 0 atom stereocenters. The van der Waals surface area contributed by atoms with E-state index in [9.17, 15) is 4.79 Å². The van der Waals surface area contributed by atoms with E-state index in [0.717, 1.165) is 28.3 Å². The third kappa shape index (κ3) is 3.25. The van der Waals surface area contributed by atoms with Crippen LogP contribution in [0.25, 0.3) is 16.9 Å². The number of nitrogens with one attached hydrogen (secondary N) is 2. The van der Waals surface area contributed by atoms with Gasteiger partial charge in [0, 0.05) is 23.9 Å². The Balaban J connectivity index is 1.73. The average Bonchev–Trinajstić information content (AvgIpc) is 3.04. The van der Waals surface area contributed by atoms with Crippen LogP contribution in [0.4, 0.5) is 17.3 Å². The largest absolute Gasteiger partial charge is 0.326 e. The van der Waals surface area contributed by atoms with Crippen LogP contribution in [0.5, 0.6) is 0 Å². The van der Waals surface area contributed by atoms with Crippen molar-refractivity contribution in [3.63, 3.8) is 0 Å². The highest BCUT2D eigenvalue weighted by Gasteiger charge is 2.09. The van der Waals surface area contributed by atoms with Crippen LogP contribution in [-0.4, -0.2) is 20.5 Å². The number of aromatic nitrogens is 3. The van der Waals surface area contributed by atoms with Crippen molar-refractivity contribution >= 4 is 28.9 Å². The standard InChI is InChI=1S/C20H17N5O/c1-14(26)21-17-10-5-7-15(13-17)18-11-6-12-19-23-20(24-25(18)19)22-16-8-3-2-4-9-16/h2-13H,1H3,(H,21,26)(H,22,24). The molecule has 0 unspecified atom stereocenters. The smallest absolute Gasteiger partial charge is 0.247 e. The van der Waals surface area contributed by atoms with Gasteiger partial charge >= 0.3 is 0 Å². The van der Waals surface area contributed by atoms with Crippen molar-refractivity contribution in [3.05, 3.63) is 72.8 Å². The van der Waals surface area contributed by atoms with Gasteiger partial charge in [0.2, 0.25) is 11.9 Å². The summed E-state index contributed by atoms with van der Waals surface area (Å²) in [5, 5.41) is 10.6. The quantitative estimate of drug-likeness (QED) is 0.585. The predicted octanol–water partition coefficient (Wildman–Crippen LogP) is 4.10. The maximum absolute atomic E-state index is 11.3. The molecule has 0 spiro atoms. The fourth-order valence-corrected chi connectivity index (χ4v) is 2.79. The van der Waals surface area contributed by atoms with Gasteiger partial charge in [0.1, 0.15) is 0 Å². The number of rotatable bonds is 4. The lowest BCUT2D eigenvalue weighted by Crippen LogP contribution is -2.05. The lowest BCUT2D eigenvalue weighted by atomic mass is 10.1. The van der Waals surface area contributed by atoms with Crippen LogP contribution < -0.4 is 10.6 Å². The first kappa shape index (κ1) is 15.8. The number of pyridine rings is 1. The molecule has 0 aliphatic carbocycles. The number of nitrogens with zero attached hydrogens (tertiary/aromatic N) is 3. The molecule has 0 saturated heterocycles. The van der Waals surface area contributed by atoms with Crippen LogP contribution in [-0.2, 0) is 4.79 Å². The topological polar surface area (TPSA) is 71.3 Å². The second-order valence-corrected chi connectivity index (χ2v) is 5.87. The van der Waals surface area contributed by atoms with E-state index in [-0.39, 0.29) is 5.91 Å². The highest BCUT2D eigenvalue weighted by molar-refractivity contribution is 5.89. The van der Waals surface area contributed by atoms with Gasteiger partial charge in [-0.15, -0.1) is 5.10 Å². The van der Waals surface area contributed by atoms with Gasteiger partial charge in [0.15, 0.2) is 5.65 Å². The van der Waals surface area contributed by atoms with Crippen molar-refractivity contribution in [2.75, 3.05) is 10.6 Å². The number of para-hydroxylation sites is 1. The second kappa shape index (κ2) is 6.68. The summed E-state index contributed by atoms with van der Waals surface area (Å²) < 4.78 is 1.79. The number of carbonyl (C=O) groups excluding carboxylic acids is 1. The SMILES string of the molecule is CC(=O)Nc1cccc(-c2cccc3nc(Nc4ccccc4)nn23)c1. The van der Waals surface area contributed by atoms with Gasteiger partial charge in [0.25, 0.3) is 0 Å². The predicted molar refractivity (Wildman–Crippen MR) is 102 cm³/mol. The van der Waals surface area contributed by atoms with Crippen LogP contribution in [0.15, 0.2) is 72.8 Å². The maximum atomic E-state index is 11.3. The minimum atomic E-state index is -0.101. The van der Waals surface area contributed by atoms with Gasteiger partial charge < -0.3 is 10.6 Å². The summed E-state index contributed by atoms with van der Waals surface area (Å²) in [6.45, 7) is 1.49. The lowest BCUT2D eigenvalue weighted by Gasteiger charge is -2.07. The van der Waals surface area contributed by atoms with E-state index in [4.69, 9.17) is 0 Å². The van der Waals surface area contributed by atoms with Crippen LogP contribution in [0.1, 0.15) is 6.92 Å². The molecule has 26 heavy (non-hydrogen) atoms. The zero-order chi connectivity index (χ0) is 17.9. The third-order valence-electron chi connectivity index (χ3n) is 3.87. The Bertz CT molecular complexity index is 1070. The van der Waals surface area contributed by atoms with Crippen molar-refractivity contribution < 1.29 is 4.79 Å². The Morgan fingerprint density at radius 1 is 0.923 bits per heavy atom. The zero-order valence-electron chi connectivity index (χ0n) is 14.2. The molecule has 6 nitrogen and oxygen atoms in total. The van der Waals surface area contributed by atoms with Crippen molar-refractivity contribution in [3.8, 4) is 11.3 Å². The van der Waals surface area contributed by atoms with Gasteiger partial charge in [-0.05, 0) is 36.4 Å². The fourth-order valence-electron chi connectivity index (χ4n) is 2.79. The molecule has 2 aromatic carbocycles. The molecule has 2 N–H and O–H groups in total. The molecule has 4 rings (SSSR count). The molecule has 2 heterocycles. The van der Waals surface area contributed by atoms with Gasteiger partial charge in [0.05, 0.1) is 5.69 Å².